The fraction of sp³-hybridized carbons (Fsp3) is 0.214. The summed E-state index contributed by atoms with van der Waals surface area (Å²) in [5, 5.41) is 12.2. The monoisotopic (exact) mass is 259 g/mol. The number of pyridine rings is 1. The van der Waals surface area contributed by atoms with E-state index in [9.17, 15) is 0 Å². The van der Waals surface area contributed by atoms with E-state index in [1.165, 1.54) is 7.11 Å². The molecule has 5 heteroatoms. The van der Waals surface area contributed by atoms with E-state index >= 15 is 0 Å². The first kappa shape index (κ1) is 13.2. The van der Waals surface area contributed by atoms with Crippen LogP contribution in [-0.2, 0) is 13.2 Å². The van der Waals surface area contributed by atoms with Crippen molar-refractivity contribution in [3.63, 3.8) is 0 Å². The van der Waals surface area contributed by atoms with Crippen LogP contribution in [0.3, 0.4) is 0 Å². The summed E-state index contributed by atoms with van der Waals surface area (Å²) in [4.78, 5) is 4.24. The Hall–Kier alpha value is -2.27. The van der Waals surface area contributed by atoms with Crippen molar-refractivity contribution in [3.05, 3.63) is 47.5 Å². The molecule has 0 aliphatic heterocycles. The first-order valence-corrected chi connectivity index (χ1v) is 5.96. The third-order valence-electron chi connectivity index (χ3n) is 2.76. The van der Waals surface area contributed by atoms with Crippen LogP contribution in [0.1, 0.15) is 11.1 Å². The molecular formula is C14H17N3O2. The van der Waals surface area contributed by atoms with Crippen LogP contribution in [0.4, 0.5) is 11.5 Å². The predicted octanol–water partition coefficient (Wildman–Crippen LogP) is 1.78. The Bertz CT molecular complexity index is 541. The lowest BCUT2D eigenvalue weighted by molar-refractivity contribution is 0.282. The Morgan fingerprint density at radius 3 is 2.47 bits per heavy atom. The Morgan fingerprint density at radius 1 is 1.16 bits per heavy atom. The fourth-order valence-electron chi connectivity index (χ4n) is 1.67. The molecule has 0 radical (unpaired) electrons. The number of methoxy groups -OCH3 is 1. The van der Waals surface area contributed by atoms with Gasteiger partial charge in [-0.1, -0.05) is 24.3 Å². The van der Waals surface area contributed by atoms with E-state index in [2.05, 4.69) is 10.3 Å². The average Bonchev–Trinajstić information content (AvgIpc) is 2.47. The summed E-state index contributed by atoms with van der Waals surface area (Å²) in [6.07, 6.45) is 0. The van der Waals surface area contributed by atoms with E-state index < -0.39 is 0 Å². The highest BCUT2D eigenvalue weighted by molar-refractivity contribution is 5.53. The van der Waals surface area contributed by atoms with Crippen LogP contribution in [0.5, 0.6) is 5.88 Å². The standard InChI is InChI=1S/C14H17N3O2/c1-19-14-12(15)6-7-13(17-14)16-8-10-2-4-11(9-18)5-3-10/h2-7,18H,8-9,15H2,1H3,(H,16,17). The van der Waals surface area contributed by atoms with Gasteiger partial charge in [0.25, 0.3) is 0 Å². The number of aromatic nitrogens is 1. The second-order valence-corrected chi connectivity index (χ2v) is 4.12. The van der Waals surface area contributed by atoms with Crippen molar-refractivity contribution in [2.45, 2.75) is 13.2 Å². The smallest absolute Gasteiger partial charge is 0.238 e. The summed E-state index contributed by atoms with van der Waals surface area (Å²) >= 11 is 0. The van der Waals surface area contributed by atoms with E-state index in [1.807, 2.05) is 24.3 Å². The molecule has 0 bridgehead atoms. The average molecular weight is 259 g/mol. The number of benzene rings is 1. The van der Waals surface area contributed by atoms with Crippen molar-refractivity contribution >= 4 is 11.5 Å². The molecule has 1 heterocycles. The second kappa shape index (κ2) is 6.06. The van der Waals surface area contributed by atoms with Gasteiger partial charge in [-0.15, -0.1) is 0 Å². The SMILES string of the molecule is COc1nc(NCc2ccc(CO)cc2)ccc1N. The lowest BCUT2D eigenvalue weighted by Gasteiger charge is -2.09. The van der Waals surface area contributed by atoms with E-state index in [0.29, 0.717) is 23.9 Å². The molecule has 0 spiro atoms. The van der Waals surface area contributed by atoms with Gasteiger partial charge in [-0.05, 0) is 23.3 Å². The van der Waals surface area contributed by atoms with Gasteiger partial charge >= 0.3 is 0 Å². The molecule has 5 nitrogen and oxygen atoms in total. The minimum atomic E-state index is 0.0599. The maximum absolute atomic E-state index is 8.97. The van der Waals surface area contributed by atoms with E-state index in [4.69, 9.17) is 15.6 Å². The molecule has 0 atom stereocenters. The number of nitrogens with two attached hydrogens (primary N) is 1. The Kier molecular flexibility index (Phi) is 4.20. The van der Waals surface area contributed by atoms with E-state index in [-0.39, 0.29) is 6.61 Å². The molecule has 0 fully saturated rings. The first-order valence-electron chi connectivity index (χ1n) is 5.96. The Labute approximate surface area is 112 Å². The molecule has 0 aliphatic carbocycles. The number of nitrogens with one attached hydrogen (secondary N) is 1. The summed E-state index contributed by atoms with van der Waals surface area (Å²) in [7, 11) is 1.54. The van der Waals surface area contributed by atoms with Crippen molar-refractivity contribution in [1.82, 2.24) is 4.98 Å². The van der Waals surface area contributed by atoms with Gasteiger partial charge in [0.15, 0.2) is 0 Å². The summed E-state index contributed by atoms with van der Waals surface area (Å²) in [6, 6.07) is 11.3. The number of nitrogen functional groups attached to an aromatic ring is 1. The highest BCUT2D eigenvalue weighted by Gasteiger charge is 2.02. The lowest BCUT2D eigenvalue weighted by atomic mass is 10.1. The minimum absolute atomic E-state index is 0.0599. The zero-order chi connectivity index (χ0) is 13.7. The Morgan fingerprint density at radius 2 is 1.84 bits per heavy atom. The molecule has 2 rings (SSSR count). The topological polar surface area (TPSA) is 80.4 Å². The van der Waals surface area contributed by atoms with Crippen molar-refractivity contribution in [2.75, 3.05) is 18.2 Å². The number of aliphatic hydroxyl groups excluding tert-OH is 1. The van der Waals surface area contributed by atoms with Crippen LogP contribution in [-0.4, -0.2) is 17.2 Å². The highest BCUT2D eigenvalue weighted by Crippen LogP contribution is 2.20. The number of ether oxygens (including phenoxy) is 1. The van der Waals surface area contributed by atoms with Crippen molar-refractivity contribution < 1.29 is 9.84 Å². The van der Waals surface area contributed by atoms with Gasteiger partial charge in [-0.3, -0.25) is 0 Å². The lowest BCUT2D eigenvalue weighted by Crippen LogP contribution is -2.03. The van der Waals surface area contributed by atoms with Gasteiger partial charge in [0.05, 0.1) is 19.4 Å². The maximum Gasteiger partial charge on any atom is 0.238 e. The molecule has 0 aliphatic rings. The molecule has 1 aromatic heterocycles. The molecule has 1 aromatic carbocycles. The summed E-state index contributed by atoms with van der Waals surface area (Å²) in [5.74, 6) is 1.12. The molecule has 0 unspecified atom stereocenters. The van der Waals surface area contributed by atoms with Crippen LogP contribution in [0, 0.1) is 0 Å². The van der Waals surface area contributed by atoms with Crippen molar-refractivity contribution in [2.24, 2.45) is 0 Å². The number of hydrogen-bond donors (Lipinski definition) is 3. The zero-order valence-electron chi connectivity index (χ0n) is 10.8. The van der Waals surface area contributed by atoms with Crippen LogP contribution < -0.4 is 15.8 Å². The fourth-order valence-corrected chi connectivity index (χ4v) is 1.67. The number of rotatable bonds is 5. The molecule has 0 saturated heterocycles. The van der Waals surface area contributed by atoms with Crippen LogP contribution >= 0.6 is 0 Å². The van der Waals surface area contributed by atoms with Gasteiger partial charge in [-0.2, -0.15) is 4.98 Å². The Balaban J connectivity index is 2.01. The largest absolute Gasteiger partial charge is 0.479 e. The molecule has 2 aromatic rings. The van der Waals surface area contributed by atoms with Gasteiger partial charge in [0, 0.05) is 6.54 Å². The molecular weight excluding hydrogens is 242 g/mol. The number of anilines is 2. The molecule has 0 saturated carbocycles. The van der Waals surface area contributed by atoms with E-state index in [1.54, 1.807) is 12.1 Å². The molecule has 0 amide bonds. The predicted molar refractivity (Wildman–Crippen MR) is 74.9 cm³/mol. The normalized spacial score (nSPS) is 10.2. The zero-order valence-corrected chi connectivity index (χ0v) is 10.8. The van der Waals surface area contributed by atoms with Gasteiger partial charge in [-0.25, -0.2) is 0 Å². The third kappa shape index (κ3) is 3.35. The van der Waals surface area contributed by atoms with Crippen LogP contribution in [0.2, 0.25) is 0 Å². The minimum Gasteiger partial charge on any atom is -0.479 e. The highest BCUT2D eigenvalue weighted by atomic mass is 16.5. The van der Waals surface area contributed by atoms with Crippen LogP contribution in [0.15, 0.2) is 36.4 Å². The number of aliphatic hydroxyl groups is 1. The molecule has 19 heavy (non-hydrogen) atoms. The second-order valence-electron chi connectivity index (χ2n) is 4.12. The molecule has 100 valence electrons. The van der Waals surface area contributed by atoms with Crippen LogP contribution in [0.25, 0.3) is 0 Å². The van der Waals surface area contributed by atoms with Gasteiger partial charge in [0.1, 0.15) is 5.82 Å². The van der Waals surface area contributed by atoms with Gasteiger partial charge < -0.3 is 20.9 Å². The number of hydrogen-bond acceptors (Lipinski definition) is 5. The number of nitrogens with zero attached hydrogens (tertiary/aromatic N) is 1. The van der Waals surface area contributed by atoms with E-state index in [0.717, 1.165) is 11.1 Å². The quantitative estimate of drug-likeness (QED) is 0.762. The summed E-state index contributed by atoms with van der Waals surface area (Å²) in [6.45, 7) is 0.705. The third-order valence-corrected chi connectivity index (χ3v) is 2.76. The van der Waals surface area contributed by atoms with Gasteiger partial charge in [0.2, 0.25) is 5.88 Å². The van der Waals surface area contributed by atoms with Crippen molar-refractivity contribution in [1.29, 1.82) is 0 Å². The summed E-state index contributed by atoms with van der Waals surface area (Å²) < 4.78 is 5.06. The maximum atomic E-state index is 8.97. The summed E-state index contributed by atoms with van der Waals surface area (Å²) in [5.41, 5.74) is 8.22. The first-order chi connectivity index (χ1) is 9.22. The van der Waals surface area contributed by atoms with Crippen molar-refractivity contribution in [3.8, 4) is 5.88 Å². The molecule has 4 N–H and O–H groups in total.